The molecule has 0 unspecified atom stereocenters. The molecule has 0 atom stereocenters. The summed E-state index contributed by atoms with van der Waals surface area (Å²) in [6.45, 7) is 1.83. The van der Waals surface area contributed by atoms with Crippen LogP contribution in [0, 0.1) is 0 Å². The molecule has 0 aliphatic rings. The molecule has 0 radical (unpaired) electrons. The van der Waals surface area contributed by atoms with E-state index in [9.17, 15) is 9.59 Å². The van der Waals surface area contributed by atoms with Gasteiger partial charge in [0.1, 0.15) is 5.39 Å². The van der Waals surface area contributed by atoms with Crippen LogP contribution in [-0.2, 0) is 4.74 Å². The molecule has 6 nitrogen and oxygen atoms in total. The van der Waals surface area contributed by atoms with Gasteiger partial charge in [-0.15, -0.1) is 0 Å². The molecule has 2 rings (SSSR count). The molecular weight excluding hydrogens is 212 g/mol. The predicted molar refractivity (Wildman–Crippen MR) is 54.0 cm³/mol. The Hall–Kier alpha value is -2.24. The van der Waals surface area contributed by atoms with Gasteiger partial charge in [-0.05, 0) is 19.1 Å². The van der Waals surface area contributed by atoms with Crippen LogP contribution in [0.2, 0.25) is 0 Å². The number of hydrogen-bond acceptors (Lipinski definition) is 6. The summed E-state index contributed by atoms with van der Waals surface area (Å²) in [4.78, 5) is 30.4. The standard InChI is InChI=1S/C10H8N2O4/c1-2-15-10(14)8-12-7-6(9(13)16-8)4-3-5-11-7/h3-5H,2H2,1H3. The number of nitrogens with zero attached hydrogens (tertiary/aromatic N) is 2. The van der Waals surface area contributed by atoms with Crippen molar-refractivity contribution in [3.05, 3.63) is 34.6 Å². The first kappa shape index (κ1) is 10.3. The summed E-state index contributed by atoms with van der Waals surface area (Å²) in [7, 11) is 0. The maximum absolute atomic E-state index is 11.5. The minimum Gasteiger partial charge on any atom is -0.459 e. The van der Waals surface area contributed by atoms with Crippen molar-refractivity contribution in [3.8, 4) is 0 Å². The van der Waals surface area contributed by atoms with Gasteiger partial charge in [-0.2, -0.15) is 4.98 Å². The second-order valence-corrected chi connectivity index (χ2v) is 2.90. The van der Waals surface area contributed by atoms with Gasteiger partial charge in [-0.1, -0.05) is 0 Å². The van der Waals surface area contributed by atoms with Crippen LogP contribution < -0.4 is 5.63 Å². The molecule has 6 heteroatoms. The third-order valence-corrected chi connectivity index (χ3v) is 1.85. The van der Waals surface area contributed by atoms with E-state index in [0.717, 1.165) is 0 Å². The summed E-state index contributed by atoms with van der Waals surface area (Å²) in [6.07, 6.45) is 1.48. The molecule has 0 spiro atoms. The van der Waals surface area contributed by atoms with Gasteiger partial charge >= 0.3 is 17.5 Å². The second-order valence-electron chi connectivity index (χ2n) is 2.90. The summed E-state index contributed by atoms with van der Waals surface area (Å²) in [5.74, 6) is -1.15. The van der Waals surface area contributed by atoms with Crippen LogP contribution in [0.1, 0.15) is 17.6 Å². The van der Waals surface area contributed by atoms with Gasteiger partial charge in [0, 0.05) is 6.20 Å². The molecule has 0 fully saturated rings. The van der Waals surface area contributed by atoms with Gasteiger partial charge < -0.3 is 9.15 Å². The van der Waals surface area contributed by atoms with Crippen LogP contribution in [0.3, 0.4) is 0 Å². The largest absolute Gasteiger partial charge is 0.459 e. The number of fused-ring (bicyclic) bond motifs is 1. The van der Waals surface area contributed by atoms with Crippen molar-refractivity contribution < 1.29 is 13.9 Å². The lowest BCUT2D eigenvalue weighted by atomic mass is 10.3. The van der Waals surface area contributed by atoms with Crippen molar-refractivity contribution >= 4 is 17.0 Å². The normalized spacial score (nSPS) is 10.3. The van der Waals surface area contributed by atoms with E-state index in [2.05, 4.69) is 14.7 Å². The molecule has 0 aliphatic carbocycles. The van der Waals surface area contributed by atoms with Crippen LogP contribution >= 0.6 is 0 Å². The van der Waals surface area contributed by atoms with E-state index in [4.69, 9.17) is 4.42 Å². The number of carbonyl (C=O) groups is 1. The zero-order chi connectivity index (χ0) is 11.5. The maximum Gasteiger partial charge on any atom is 0.394 e. The zero-order valence-electron chi connectivity index (χ0n) is 8.47. The number of carbonyl (C=O) groups excluding carboxylic acids is 1. The van der Waals surface area contributed by atoms with Gasteiger partial charge in [0.15, 0.2) is 5.65 Å². The molecule has 0 amide bonds. The third-order valence-electron chi connectivity index (χ3n) is 1.85. The van der Waals surface area contributed by atoms with E-state index >= 15 is 0 Å². The number of ether oxygens (including phenoxy) is 1. The maximum atomic E-state index is 11.5. The summed E-state index contributed by atoms with van der Waals surface area (Å²) in [5.41, 5.74) is -0.483. The number of rotatable bonds is 2. The molecule has 0 saturated heterocycles. The summed E-state index contributed by atoms with van der Waals surface area (Å²) < 4.78 is 9.39. The van der Waals surface area contributed by atoms with Gasteiger partial charge in [0.05, 0.1) is 6.61 Å². The molecule has 2 heterocycles. The van der Waals surface area contributed by atoms with E-state index in [1.54, 1.807) is 13.0 Å². The molecule has 0 saturated carbocycles. The highest BCUT2D eigenvalue weighted by Crippen LogP contribution is 2.04. The summed E-state index contributed by atoms with van der Waals surface area (Å²) in [6, 6.07) is 3.11. The molecule has 0 aromatic carbocycles. The molecule has 0 aliphatic heterocycles. The van der Waals surface area contributed by atoms with Gasteiger partial charge in [0.2, 0.25) is 0 Å². The molecule has 2 aromatic heterocycles. The Morgan fingerprint density at radius 1 is 1.56 bits per heavy atom. The minimum atomic E-state index is -0.771. The molecule has 0 N–H and O–H groups in total. The number of pyridine rings is 1. The number of aromatic nitrogens is 2. The highest BCUT2D eigenvalue weighted by atomic mass is 16.5. The number of esters is 1. The van der Waals surface area contributed by atoms with Crippen LogP contribution in [0.4, 0.5) is 0 Å². The zero-order valence-corrected chi connectivity index (χ0v) is 8.47. The van der Waals surface area contributed by atoms with Crippen LogP contribution in [0.15, 0.2) is 27.5 Å². The Bertz CT molecular complexity index is 591. The highest BCUT2D eigenvalue weighted by molar-refractivity contribution is 5.86. The van der Waals surface area contributed by atoms with Crippen LogP contribution in [0.5, 0.6) is 0 Å². The van der Waals surface area contributed by atoms with Crippen molar-refractivity contribution in [2.75, 3.05) is 6.61 Å². The fourth-order valence-electron chi connectivity index (χ4n) is 1.19. The Balaban J connectivity index is 2.58. The molecule has 2 aromatic rings. The van der Waals surface area contributed by atoms with Gasteiger partial charge in [-0.25, -0.2) is 14.6 Å². The lowest BCUT2D eigenvalue weighted by molar-refractivity contribution is 0.0474. The monoisotopic (exact) mass is 220 g/mol. The molecule has 0 bridgehead atoms. The van der Waals surface area contributed by atoms with Crippen molar-refractivity contribution in [1.82, 2.24) is 9.97 Å². The first-order valence-electron chi connectivity index (χ1n) is 4.65. The minimum absolute atomic E-state index is 0.168. The van der Waals surface area contributed by atoms with E-state index in [1.165, 1.54) is 12.3 Å². The highest BCUT2D eigenvalue weighted by Gasteiger charge is 2.15. The average Bonchev–Trinajstić information content (AvgIpc) is 2.29. The predicted octanol–water partition coefficient (Wildman–Crippen LogP) is 0.760. The Morgan fingerprint density at radius 2 is 2.38 bits per heavy atom. The van der Waals surface area contributed by atoms with Crippen molar-refractivity contribution in [1.29, 1.82) is 0 Å². The van der Waals surface area contributed by atoms with Gasteiger partial charge in [0.25, 0.3) is 0 Å². The smallest absolute Gasteiger partial charge is 0.394 e. The summed E-state index contributed by atoms with van der Waals surface area (Å²) >= 11 is 0. The SMILES string of the molecule is CCOC(=O)c1nc2ncccc2c(=O)o1. The fourth-order valence-corrected chi connectivity index (χ4v) is 1.19. The van der Waals surface area contributed by atoms with E-state index in [-0.39, 0.29) is 23.5 Å². The lowest BCUT2D eigenvalue weighted by Gasteiger charge is -1.99. The topological polar surface area (TPSA) is 82.3 Å². The van der Waals surface area contributed by atoms with E-state index in [0.29, 0.717) is 0 Å². The molecule has 82 valence electrons. The number of hydrogen-bond donors (Lipinski definition) is 0. The summed E-state index contributed by atoms with van der Waals surface area (Å²) in [5, 5.41) is 0.232. The Labute approximate surface area is 89.9 Å². The molecule has 16 heavy (non-hydrogen) atoms. The fraction of sp³-hybridized carbons (Fsp3) is 0.200. The van der Waals surface area contributed by atoms with E-state index in [1.807, 2.05) is 0 Å². The lowest BCUT2D eigenvalue weighted by Crippen LogP contribution is -2.13. The average molecular weight is 220 g/mol. The Kier molecular flexibility index (Phi) is 2.63. The quantitative estimate of drug-likeness (QED) is 0.695. The van der Waals surface area contributed by atoms with Crippen LogP contribution in [-0.4, -0.2) is 22.5 Å². The van der Waals surface area contributed by atoms with Crippen molar-refractivity contribution in [2.24, 2.45) is 0 Å². The first-order chi connectivity index (χ1) is 7.72. The van der Waals surface area contributed by atoms with Crippen molar-refractivity contribution in [2.45, 2.75) is 6.92 Å². The second kappa shape index (κ2) is 4.09. The van der Waals surface area contributed by atoms with Crippen molar-refractivity contribution in [3.63, 3.8) is 0 Å². The molecular formula is C10H8N2O4. The van der Waals surface area contributed by atoms with Crippen LogP contribution in [0.25, 0.3) is 11.0 Å². The van der Waals surface area contributed by atoms with Gasteiger partial charge in [-0.3, -0.25) is 0 Å². The van der Waals surface area contributed by atoms with E-state index < -0.39 is 11.6 Å². The first-order valence-corrected chi connectivity index (χ1v) is 4.65. The third kappa shape index (κ3) is 1.77. The Morgan fingerprint density at radius 3 is 3.12 bits per heavy atom.